The van der Waals surface area contributed by atoms with Gasteiger partial charge in [-0.1, -0.05) is 0 Å². The molecule has 116 valence electrons. The van der Waals surface area contributed by atoms with Crippen molar-refractivity contribution >= 4 is 17.1 Å². The molecule has 5 N–H and O–H groups in total. The third-order valence-electron chi connectivity index (χ3n) is 3.39. The molecule has 2 heterocycles. The van der Waals surface area contributed by atoms with Crippen LogP contribution in [0, 0.1) is 0 Å². The molecule has 0 aliphatic carbocycles. The van der Waals surface area contributed by atoms with Crippen molar-refractivity contribution in [3.8, 4) is 0 Å². The van der Waals surface area contributed by atoms with Gasteiger partial charge in [0.05, 0.1) is 19.8 Å². The zero-order chi connectivity index (χ0) is 15.8. The van der Waals surface area contributed by atoms with Crippen LogP contribution in [0.15, 0.2) is 9.59 Å². The fourth-order valence-electron chi connectivity index (χ4n) is 1.90. The lowest BCUT2D eigenvalue weighted by atomic mass is 10.0. The number of fused-ring (bicyclic) bond motifs is 1. The SMILES string of the molecule is Cn1c(=O)c2[nH]c(NC(CO)(CO)CO)nc2n(C)c1=O. The molecule has 0 bridgehead atoms. The Labute approximate surface area is 118 Å². The van der Waals surface area contributed by atoms with Crippen LogP contribution in [0.5, 0.6) is 0 Å². The normalized spacial score (nSPS) is 12.0. The van der Waals surface area contributed by atoms with E-state index in [4.69, 9.17) is 0 Å². The first-order chi connectivity index (χ1) is 9.89. The summed E-state index contributed by atoms with van der Waals surface area (Å²) in [4.78, 5) is 30.5. The largest absolute Gasteiger partial charge is 0.394 e. The van der Waals surface area contributed by atoms with Crippen LogP contribution in [0.4, 0.5) is 5.95 Å². The Balaban J connectivity index is 2.59. The molecule has 0 spiro atoms. The minimum atomic E-state index is -1.39. The number of hydrogen-bond donors (Lipinski definition) is 5. The minimum absolute atomic E-state index is 0.0560. The standard InChI is InChI=1S/C11H17N5O5/c1-15-7-6(8(20)16(2)10(15)21)12-9(13-7)14-11(3-17,4-18)5-19/h17-19H,3-5H2,1-2H3,(H2,12,13,14). The van der Waals surface area contributed by atoms with Crippen molar-refractivity contribution in [2.75, 3.05) is 25.1 Å². The number of imidazole rings is 1. The Morgan fingerprint density at radius 1 is 1.14 bits per heavy atom. The number of aromatic amines is 1. The van der Waals surface area contributed by atoms with Crippen molar-refractivity contribution in [2.24, 2.45) is 14.1 Å². The van der Waals surface area contributed by atoms with E-state index in [1.165, 1.54) is 18.7 Å². The maximum atomic E-state index is 12.0. The van der Waals surface area contributed by atoms with Crippen molar-refractivity contribution in [1.29, 1.82) is 0 Å². The fraction of sp³-hybridized carbons (Fsp3) is 0.545. The molecule has 0 saturated carbocycles. The summed E-state index contributed by atoms with van der Waals surface area (Å²) in [6.45, 7) is -1.64. The van der Waals surface area contributed by atoms with E-state index < -0.39 is 36.6 Å². The van der Waals surface area contributed by atoms with Crippen LogP contribution in [-0.4, -0.2) is 59.8 Å². The number of aryl methyl sites for hydroxylation is 1. The lowest BCUT2D eigenvalue weighted by Crippen LogP contribution is -2.49. The Hall–Kier alpha value is -2.17. The van der Waals surface area contributed by atoms with Crippen molar-refractivity contribution in [3.63, 3.8) is 0 Å². The number of H-pyrrole nitrogens is 1. The highest BCUT2D eigenvalue weighted by Gasteiger charge is 2.29. The second kappa shape index (κ2) is 5.31. The van der Waals surface area contributed by atoms with Gasteiger partial charge in [0.25, 0.3) is 5.56 Å². The molecular weight excluding hydrogens is 282 g/mol. The highest BCUT2D eigenvalue weighted by molar-refractivity contribution is 5.72. The summed E-state index contributed by atoms with van der Waals surface area (Å²) in [5, 5.41) is 30.4. The van der Waals surface area contributed by atoms with Gasteiger partial charge in [-0.15, -0.1) is 0 Å². The first kappa shape index (κ1) is 15.2. The van der Waals surface area contributed by atoms with Gasteiger partial charge in [0.1, 0.15) is 5.54 Å². The van der Waals surface area contributed by atoms with Crippen molar-refractivity contribution in [1.82, 2.24) is 19.1 Å². The van der Waals surface area contributed by atoms with Crippen LogP contribution in [0.3, 0.4) is 0 Å². The van der Waals surface area contributed by atoms with Gasteiger partial charge in [0.2, 0.25) is 5.95 Å². The van der Waals surface area contributed by atoms with Crippen LogP contribution < -0.4 is 16.6 Å². The van der Waals surface area contributed by atoms with Crippen molar-refractivity contribution in [3.05, 3.63) is 20.8 Å². The van der Waals surface area contributed by atoms with Gasteiger partial charge in [-0.3, -0.25) is 13.9 Å². The molecule has 0 amide bonds. The van der Waals surface area contributed by atoms with Crippen LogP contribution in [0.2, 0.25) is 0 Å². The molecular formula is C11H17N5O5. The minimum Gasteiger partial charge on any atom is -0.394 e. The van der Waals surface area contributed by atoms with E-state index in [1.807, 2.05) is 0 Å². The first-order valence-electron chi connectivity index (χ1n) is 6.15. The fourth-order valence-corrected chi connectivity index (χ4v) is 1.90. The smallest absolute Gasteiger partial charge is 0.332 e. The zero-order valence-corrected chi connectivity index (χ0v) is 11.6. The van der Waals surface area contributed by atoms with Gasteiger partial charge >= 0.3 is 5.69 Å². The Bertz CT molecular complexity index is 761. The maximum absolute atomic E-state index is 12.0. The molecule has 0 atom stereocenters. The first-order valence-corrected chi connectivity index (χ1v) is 6.15. The van der Waals surface area contributed by atoms with Crippen molar-refractivity contribution in [2.45, 2.75) is 5.54 Å². The quantitative estimate of drug-likeness (QED) is 0.398. The summed E-state index contributed by atoms with van der Waals surface area (Å²) < 4.78 is 2.12. The van der Waals surface area contributed by atoms with E-state index in [0.717, 1.165) is 4.57 Å². The summed E-state index contributed by atoms with van der Waals surface area (Å²) in [5.74, 6) is 0.0560. The third-order valence-corrected chi connectivity index (χ3v) is 3.39. The summed E-state index contributed by atoms with van der Waals surface area (Å²) in [6.07, 6.45) is 0. The molecule has 2 aromatic rings. The number of aliphatic hydroxyl groups is 3. The predicted octanol–water partition coefficient (Wildman–Crippen LogP) is -2.91. The second-order valence-electron chi connectivity index (χ2n) is 4.87. The molecule has 10 heteroatoms. The van der Waals surface area contributed by atoms with Gasteiger partial charge in [-0.05, 0) is 0 Å². The average molecular weight is 299 g/mol. The van der Waals surface area contributed by atoms with Gasteiger partial charge in [-0.25, -0.2) is 4.79 Å². The number of aliphatic hydroxyl groups excluding tert-OH is 3. The molecule has 0 aliphatic heterocycles. The topological polar surface area (TPSA) is 145 Å². The molecule has 0 aromatic carbocycles. The molecule has 2 aromatic heterocycles. The van der Waals surface area contributed by atoms with E-state index in [1.54, 1.807) is 0 Å². The molecule has 10 nitrogen and oxygen atoms in total. The monoisotopic (exact) mass is 299 g/mol. The summed E-state index contributed by atoms with van der Waals surface area (Å²) in [7, 11) is 2.81. The van der Waals surface area contributed by atoms with Crippen LogP contribution in [0.25, 0.3) is 11.2 Å². The number of anilines is 1. The lowest BCUT2D eigenvalue weighted by molar-refractivity contribution is 0.0829. The molecule has 2 rings (SSSR count). The van der Waals surface area contributed by atoms with E-state index in [0.29, 0.717) is 0 Å². The number of hydrogen-bond acceptors (Lipinski definition) is 7. The third kappa shape index (κ3) is 2.33. The molecule has 0 aliphatic rings. The number of aromatic nitrogens is 4. The van der Waals surface area contributed by atoms with Crippen LogP contribution >= 0.6 is 0 Å². The van der Waals surface area contributed by atoms with E-state index >= 15 is 0 Å². The van der Waals surface area contributed by atoms with E-state index in [9.17, 15) is 24.9 Å². The van der Waals surface area contributed by atoms with E-state index in [2.05, 4.69) is 15.3 Å². The van der Waals surface area contributed by atoms with Crippen molar-refractivity contribution < 1.29 is 15.3 Å². The van der Waals surface area contributed by atoms with Gasteiger partial charge in [0, 0.05) is 14.1 Å². The lowest BCUT2D eigenvalue weighted by Gasteiger charge is -2.28. The van der Waals surface area contributed by atoms with Gasteiger partial charge in [0.15, 0.2) is 11.2 Å². The highest BCUT2D eigenvalue weighted by Crippen LogP contribution is 2.14. The number of nitrogens with one attached hydrogen (secondary N) is 2. The Morgan fingerprint density at radius 3 is 2.24 bits per heavy atom. The second-order valence-corrected chi connectivity index (χ2v) is 4.87. The molecule has 21 heavy (non-hydrogen) atoms. The number of nitrogens with zero attached hydrogens (tertiary/aromatic N) is 3. The Morgan fingerprint density at radius 2 is 1.71 bits per heavy atom. The van der Waals surface area contributed by atoms with Crippen LogP contribution in [0.1, 0.15) is 0 Å². The highest BCUT2D eigenvalue weighted by atomic mass is 16.3. The van der Waals surface area contributed by atoms with Crippen LogP contribution in [-0.2, 0) is 14.1 Å². The molecule has 0 unspecified atom stereocenters. The van der Waals surface area contributed by atoms with Gasteiger partial charge < -0.3 is 25.6 Å². The maximum Gasteiger partial charge on any atom is 0.332 e. The molecule has 0 radical (unpaired) electrons. The summed E-state index contributed by atoms with van der Waals surface area (Å²) in [6, 6.07) is 0. The predicted molar refractivity (Wildman–Crippen MR) is 74.2 cm³/mol. The van der Waals surface area contributed by atoms with Gasteiger partial charge in [-0.2, -0.15) is 4.98 Å². The average Bonchev–Trinajstić information content (AvgIpc) is 2.92. The molecule has 0 saturated heterocycles. The van der Waals surface area contributed by atoms with E-state index in [-0.39, 0.29) is 17.1 Å². The summed E-state index contributed by atoms with van der Waals surface area (Å²) >= 11 is 0. The zero-order valence-electron chi connectivity index (χ0n) is 11.6. The summed E-state index contributed by atoms with van der Waals surface area (Å²) in [5.41, 5.74) is -2.23. The number of rotatable bonds is 5. The molecule has 0 fully saturated rings. The Kier molecular flexibility index (Phi) is 3.85.